The van der Waals surface area contributed by atoms with Crippen molar-refractivity contribution in [3.8, 4) is 11.5 Å². The highest BCUT2D eigenvalue weighted by Crippen LogP contribution is 2.33. The van der Waals surface area contributed by atoms with Gasteiger partial charge in [0, 0.05) is 30.7 Å². The number of ether oxygens (including phenoxy) is 2. The lowest BCUT2D eigenvalue weighted by Gasteiger charge is -2.52. The number of likely N-dealkylation sites (N-methyl/N-ethyl adjacent to an activating group) is 1. The lowest BCUT2D eigenvalue weighted by Crippen LogP contribution is -2.64. The van der Waals surface area contributed by atoms with Crippen LogP contribution in [-0.2, 0) is 0 Å². The second-order valence-electron chi connectivity index (χ2n) is 7.25. The molecule has 3 rings (SSSR count). The zero-order chi connectivity index (χ0) is 18.0. The van der Waals surface area contributed by atoms with Crippen LogP contribution in [0.5, 0.6) is 11.5 Å². The van der Waals surface area contributed by atoms with E-state index >= 15 is 0 Å². The molecule has 0 unspecified atom stereocenters. The number of amides is 1. The van der Waals surface area contributed by atoms with Crippen LogP contribution in [0.1, 0.15) is 23.2 Å². The van der Waals surface area contributed by atoms with E-state index in [0.717, 1.165) is 45.6 Å². The molecule has 0 saturated carbocycles. The van der Waals surface area contributed by atoms with E-state index in [0.29, 0.717) is 17.1 Å². The fourth-order valence-electron chi connectivity index (χ4n) is 3.96. The first kappa shape index (κ1) is 18.0. The third kappa shape index (κ3) is 3.46. The van der Waals surface area contributed by atoms with Gasteiger partial charge in [-0.1, -0.05) is 0 Å². The number of methoxy groups -OCH3 is 2. The maximum atomic E-state index is 13.1. The Labute approximate surface area is 150 Å². The van der Waals surface area contributed by atoms with Gasteiger partial charge in [-0.15, -0.1) is 0 Å². The summed E-state index contributed by atoms with van der Waals surface area (Å²) >= 11 is 0. The summed E-state index contributed by atoms with van der Waals surface area (Å²) in [6.45, 7) is 4.65. The summed E-state index contributed by atoms with van der Waals surface area (Å²) in [5.74, 6) is 1.31. The Kier molecular flexibility index (Phi) is 5.20. The third-order valence-electron chi connectivity index (χ3n) is 5.84. The number of likely N-dealkylation sites (tertiary alicyclic amines) is 1. The lowest BCUT2D eigenvalue weighted by atomic mass is 9.83. The van der Waals surface area contributed by atoms with Crippen LogP contribution in [-0.4, -0.2) is 87.2 Å². The quantitative estimate of drug-likeness (QED) is 0.830. The van der Waals surface area contributed by atoms with Crippen LogP contribution in [0.15, 0.2) is 18.2 Å². The third-order valence-corrected chi connectivity index (χ3v) is 5.84. The fraction of sp³-hybridized carbons (Fsp3) is 0.632. The summed E-state index contributed by atoms with van der Waals surface area (Å²) in [5.41, 5.74) is 0.766. The Morgan fingerprint density at radius 1 is 1.00 bits per heavy atom. The average Bonchev–Trinajstić information content (AvgIpc) is 2.65. The number of hydrogen-bond donors (Lipinski definition) is 0. The summed E-state index contributed by atoms with van der Waals surface area (Å²) in [4.78, 5) is 19.9. The van der Waals surface area contributed by atoms with Crippen LogP contribution in [0.25, 0.3) is 0 Å². The van der Waals surface area contributed by atoms with Crippen molar-refractivity contribution in [1.29, 1.82) is 0 Å². The van der Waals surface area contributed by atoms with Gasteiger partial charge < -0.3 is 19.3 Å². The Bertz CT molecular complexity index is 626. The molecule has 1 amide bonds. The van der Waals surface area contributed by atoms with E-state index < -0.39 is 0 Å². The van der Waals surface area contributed by atoms with Gasteiger partial charge in [0.15, 0.2) is 11.5 Å². The number of carbonyl (C=O) groups excluding carboxylic acids is 1. The van der Waals surface area contributed by atoms with E-state index in [4.69, 9.17) is 9.47 Å². The predicted molar refractivity (Wildman–Crippen MR) is 97.5 cm³/mol. The van der Waals surface area contributed by atoms with Crippen molar-refractivity contribution in [2.24, 2.45) is 0 Å². The maximum Gasteiger partial charge on any atom is 0.254 e. The normalized spacial score (nSPS) is 21.4. The van der Waals surface area contributed by atoms with Gasteiger partial charge >= 0.3 is 0 Å². The molecule has 2 fully saturated rings. The molecule has 2 aliphatic rings. The molecule has 1 aromatic rings. The summed E-state index contributed by atoms with van der Waals surface area (Å²) in [7, 11) is 7.56. The van der Waals surface area contributed by atoms with Crippen LogP contribution < -0.4 is 9.47 Å². The van der Waals surface area contributed by atoms with E-state index in [9.17, 15) is 4.79 Å². The van der Waals surface area contributed by atoms with E-state index in [2.05, 4.69) is 23.9 Å². The first-order chi connectivity index (χ1) is 12.0. The number of piperidine rings is 1. The lowest BCUT2D eigenvalue weighted by molar-refractivity contribution is -0.0170. The first-order valence-electron chi connectivity index (χ1n) is 8.90. The Balaban J connectivity index is 1.78. The second kappa shape index (κ2) is 7.22. The molecule has 2 aliphatic heterocycles. The topological polar surface area (TPSA) is 45.2 Å². The van der Waals surface area contributed by atoms with Crippen molar-refractivity contribution in [3.63, 3.8) is 0 Å². The number of rotatable bonds is 3. The predicted octanol–water partition coefficient (Wildman–Crippen LogP) is 1.56. The largest absolute Gasteiger partial charge is 0.493 e. The molecule has 0 atom stereocenters. The summed E-state index contributed by atoms with van der Waals surface area (Å²) in [5, 5.41) is 0. The van der Waals surface area contributed by atoms with Crippen molar-refractivity contribution in [2.75, 3.05) is 61.0 Å². The number of nitrogens with zero attached hydrogens (tertiary/aromatic N) is 3. The van der Waals surface area contributed by atoms with E-state index in [1.165, 1.54) is 0 Å². The highest BCUT2D eigenvalue weighted by Gasteiger charge is 2.42. The zero-order valence-corrected chi connectivity index (χ0v) is 15.7. The number of piperazine rings is 1. The van der Waals surface area contributed by atoms with Crippen LogP contribution >= 0.6 is 0 Å². The zero-order valence-electron chi connectivity index (χ0n) is 15.7. The number of carbonyl (C=O) groups is 1. The van der Waals surface area contributed by atoms with E-state index in [-0.39, 0.29) is 11.4 Å². The molecule has 6 nitrogen and oxygen atoms in total. The molecular formula is C19H29N3O3. The average molecular weight is 347 g/mol. The molecule has 0 radical (unpaired) electrons. The SMILES string of the molecule is COc1ccc(C(=O)N2CCN(C)C3(CCN(C)CC3)C2)cc1OC. The van der Waals surface area contributed by atoms with Crippen molar-refractivity contribution >= 4 is 5.91 Å². The first-order valence-corrected chi connectivity index (χ1v) is 8.90. The number of hydrogen-bond acceptors (Lipinski definition) is 5. The molecule has 0 aliphatic carbocycles. The van der Waals surface area contributed by atoms with Crippen LogP contribution in [0, 0.1) is 0 Å². The van der Waals surface area contributed by atoms with Crippen molar-refractivity contribution < 1.29 is 14.3 Å². The smallest absolute Gasteiger partial charge is 0.254 e. The molecule has 0 aromatic heterocycles. The van der Waals surface area contributed by atoms with E-state index in [1.807, 2.05) is 11.0 Å². The van der Waals surface area contributed by atoms with E-state index in [1.54, 1.807) is 26.4 Å². The highest BCUT2D eigenvalue weighted by atomic mass is 16.5. The fourth-order valence-corrected chi connectivity index (χ4v) is 3.96. The van der Waals surface area contributed by atoms with Crippen LogP contribution in [0.4, 0.5) is 0 Å². The second-order valence-corrected chi connectivity index (χ2v) is 7.25. The number of benzene rings is 1. The van der Waals surface area contributed by atoms with Crippen LogP contribution in [0.2, 0.25) is 0 Å². The summed E-state index contributed by atoms with van der Waals surface area (Å²) < 4.78 is 10.6. The minimum atomic E-state index is 0.0763. The molecular weight excluding hydrogens is 318 g/mol. The summed E-state index contributed by atoms with van der Waals surface area (Å²) in [6.07, 6.45) is 2.21. The highest BCUT2D eigenvalue weighted by molar-refractivity contribution is 5.95. The Morgan fingerprint density at radius 2 is 1.68 bits per heavy atom. The Morgan fingerprint density at radius 3 is 2.32 bits per heavy atom. The van der Waals surface area contributed by atoms with Gasteiger partial charge in [0.1, 0.15) is 0 Å². The minimum Gasteiger partial charge on any atom is -0.493 e. The minimum absolute atomic E-state index is 0.0763. The van der Waals surface area contributed by atoms with Gasteiger partial charge in [0.05, 0.1) is 14.2 Å². The van der Waals surface area contributed by atoms with Crippen molar-refractivity contribution in [2.45, 2.75) is 18.4 Å². The van der Waals surface area contributed by atoms with Gasteiger partial charge in [-0.3, -0.25) is 9.69 Å². The molecule has 1 spiro atoms. The maximum absolute atomic E-state index is 13.1. The van der Waals surface area contributed by atoms with Crippen molar-refractivity contribution in [3.05, 3.63) is 23.8 Å². The molecule has 25 heavy (non-hydrogen) atoms. The molecule has 0 N–H and O–H groups in total. The molecule has 2 saturated heterocycles. The molecule has 6 heteroatoms. The molecule has 0 bridgehead atoms. The monoisotopic (exact) mass is 347 g/mol. The Hall–Kier alpha value is -1.79. The van der Waals surface area contributed by atoms with Gasteiger partial charge in [-0.25, -0.2) is 0 Å². The summed E-state index contributed by atoms with van der Waals surface area (Å²) in [6, 6.07) is 5.40. The molecule has 1 aromatic carbocycles. The molecule has 2 heterocycles. The van der Waals surface area contributed by atoms with Gasteiger partial charge in [0.25, 0.3) is 5.91 Å². The standard InChI is InChI=1S/C19H29N3O3/c1-20-9-7-19(8-10-20)14-22(12-11-21(19)2)18(23)15-5-6-16(24-3)17(13-15)25-4/h5-6,13H,7-12,14H2,1-4H3. The van der Waals surface area contributed by atoms with Gasteiger partial charge in [-0.2, -0.15) is 0 Å². The van der Waals surface area contributed by atoms with Gasteiger partial charge in [-0.05, 0) is 58.2 Å². The molecule has 138 valence electrons. The van der Waals surface area contributed by atoms with Crippen LogP contribution in [0.3, 0.4) is 0 Å². The van der Waals surface area contributed by atoms with Crippen molar-refractivity contribution in [1.82, 2.24) is 14.7 Å². The van der Waals surface area contributed by atoms with Gasteiger partial charge in [0.2, 0.25) is 0 Å².